The maximum absolute atomic E-state index is 6.09. The third kappa shape index (κ3) is 5.12. The minimum atomic E-state index is -1.10. The molecule has 2 aromatic carbocycles. The quantitative estimate of drug-likeness (QED) is 0.256. The van der Waals surface area contributed by atoms with Crippen LogP contribution in [-0.2, 0) is 11.5 Å². The second kappa shape index (κ2) is 8.91. The second-order valence-corrected chi connectivity index (χ2v) is 14.2. The number of ether oxygens (including phenoxy) is 1. The predicted molar refractivity (Wildman–Crippen MR) is 119 cm³/mol. The van der Waals surface area contributed by atoms with Crippen molar-refractivity contribution in [3.63, 3.8) is 0 Å². The van der Waals surface area contributed by atoms with E-state index in [0.717, 1.165) is 34.3 Å². The molecular weight excluding hydrogens is 368 g/mol. The van der Waals surface area contributed by atoms with Crippen LogP contribution in [-0.4, -0.2) is 30.5 Å². The van der Waals surface area contributed by atoms with E-state index < -0.39 is 8.07 Å². The van der Waals surface area contributed by atoms with Gasteiger partial charge >= 0.3 is 0 Å². The fourth-order valence-corrected chi connectivity index (χ4v) is 4.23. The van der Waals surface area contributed by atoms with Gasteiger partial charge in [0.05, 0.1) is 11.4 Å². The molecular formula is C22H28N2OSSi. The SMILES string of the molecule is CSc1nc(-c2ccccc2)c(-c2ccccc2)n1COCC[Si](C)(C)C. The Labute approximate surface area is 167 Å². The zero-order chi connectivity index (χ0) is 19.3. The molecule has 0 radical (unpaired) electrons. The van der Waals surface area contributed by atoms with Gasteiger partial charge in [-0.25, -0.2) is 4.98 Å². The van der Waals surface area contributed by atoms with E-state index in [2.05, 4.69) is 79.0 Å². The van der Waals surface area contributed by atoms with Gasteiger partial charge in [0.2, 0.25) is 0 Å². The lowest BCUT2D eigenvalue weighted by molar-refractivity contribution is 0.0825. The lowest BCUT2D eigenvalue weighted by Crippen LogP contribution is -2.22. The Hall–Kier alpha value is -1.82. The molecule has 0 aliphatic heterocycles. The molecule has 0 amide bonds. The first kappa shape index (κ1) is 19.9. The van der Waals surface area contributed by atoms with Crippen molar-refractivity contribution in [2.45, 2.75) is 37.6 Å². The van der Waals surface area contributed by atoms with Crippen molar-refractivity contribution in [3.05, 3.63) is 60.7 Å². The third-order valence-corrected chi connectivity index (χ3v) is 6.81. The van der Waals surface area contributed by atoms with E-state index in [4.69, 9.17) is 9.72 Å². The van der Waals surface area contributed by atoms with Crippen LogP contribution in [0.5, 0.6) is 0 Å². The number of imidazole rings is 1. The van der Waals surface area contributed by atoms with Crippen molar-refractivity contribution in [2.75, 3.05) is 12.9 Å². The van der Waals surface area contributed by atoms with Crippen LogP contribution in [0.2, 0.25) is 25.7 Å². The standard InChI is InChI=1S/C22H28N2OSSi/c1-26-22-23-20(18-11-7-5-8-12-18)21(19-13-9-6-10-14-19)24(22)17-25-15-16-27(2,3)4/h5-14H,15-17H2,1-4H3. The molecule has 3 aromatic rings. The average molecular weight is 397 g/mol. The Morgan fingerprint density at radius 3 is 2.07 bits per heavy atom. The van der Waals surface area contributed by atoms with Crippen LogP contribution in [0, 0.1) is 0 Å². The third-order valence-electron chi connectivity index (χ3n) is 4.43. The van der Waals surface area contributed by atoms with E-state index in [0.29, 0.717) is 6.73 Å². The number of benzene rings is 2. The summed E-state index contributed by atoms with van der Waals surface area (Å²) in [6.07, 6.45) is 2.07. The van der Waals surface area contributed by atoms with Crippen molar-refractivity contribution in [3.8, 4) is 22.5 Å². The molecule has 27 heavy (non-hydrogen) atoms. The van der Waals surface area contributed by atoms with Crippen molar-refractivity contribution in [1.82, 2.24) is 9.55 Å². The maximum atomic E-state index is 6.09. The summed E-state index contributed by atoms with van der Waals surface area (Å²) in [4.78, 5) is 4.96. The molecule has 1 aromatic heterocycles. The number of thioether (sulfide) groups is 1. The normalized spacial score (nSPS) is 11.7. The highest BCUT2D eigenvalue weighted by molar-refractivity contribution is 7.98. The van der Waals surface area contributed by atoms with Crippen molar-refractivity contribution >= 4 is 19.8 Å². The van der Waals surface area contributed by atoms with Gasteiger partial charge in [0, 0.05) is 25.8 Å². The van der Waals surface area contributed by atoms with Crippen LogP contribution in [0.4, 0.5) is 0 Å². The van der Waals surface area contributed by atoms with E-state index >= 15 is 0 Å². The average Bonchev–Trinajstić information content (AvgIpc) is 3.04. The smallest absolute Gasteiger partial charge is 0.170 e. The summed E-state index contributed by atoms with van der Waals surface area (Å²) >= 11 is 1.66. The molecule has 0 saturated carbocycles. The fourth-order valence-electron chi connectivity index (χ4n) is 2.93. The minimum absolute atomic E-state index is 0.532. The van der Waals surface area contributed by atoms with Crippen LogP contribution in [0.15, 0.2) is 65.8 Å². The zero-order valence-corrected chi connectivity index (χ0v) is 18.4. The first-order valence-electron chi connectivity index (χ1n) is 9.33. The molecule has 0 aliphatic carbocycles. The van der Waals surface area contributed by atoms with Crippen molar-refractivity contribution < 1.29 is 4.74 Å². The fraction of sp³-hybridized carbons (Fsp3) is 0.318. The summed E-state index contributed by atoms with van der Waals surface area (Å²) in [5.41, 5.74) is 4.43. The Bertz CT molecular complexity index is 857. The Morgan fingerprint density at radius 2 is 1.52 bits per heavy atom. The van der Waals surface area contributed by atoms with Gasteiger partial charge in [0.15, 0.2) is 5.16 Å². The number of nitrogens with zero attached hydrogens (tertiary/aromatic N) is 2. The van der Waals surface area contributed by atoms with Crippen LogP contribution in [0.3, 0.4) is 0 Å². The maximum Gasteiger partial charge on any atom is 0.170 e. The molecule has 0 unspecified atom stereocenters. The summed E-state index contributed by atoms with van der Waals surface area (Å²) in [6, 6.07) is 22.1. The van der Waals surface area contributed by atoms with Crippen molar-refractivity contribution in [2.24, 2.45) is 0 Å². The van der Waals surface area contributed by atoms with Gasteiger partial charge in [-0.3, -0.25) is 4.57 Å². The first-order valence-corrected chi connectivity index (χ1v) is 14.3. The molecule has 1 heterocycles. The lowest BCUT2D eigenvalue weighted by atomic mass is 10.0. The highest BCUT2D eigenvalue weighted by Crippen LogP contribution is 2.35. The van der Waals surface area contributed by atoms with Gasteiger partial charge in [-0.1, -0.05) is 92.1 Å². The number of hydrogen-bond donors (Lipinski definition) is 0. The topological polar surface area (TPSA) is 27.1 Å². The molecule has 0 aliphatic rings. The molecule has 5 heteroatoms. The van der Waals surface area contributed by atoms with E-state index in [-0.39, 0.29) is 0 Å². The van der Waals surface area contributed by atoms with E-state index in [9.17, 15) is 0 Å². The summed E-state index contributed by atoms with van der Waals surface area (Å²) < 4.78 is 8.31. The highest BCUT2D eigenvalue weighted by atomic mass is 32.2. The Morgan fingerprint density at radius 1 is 0.926 bits per heavy atom. The summed E-state index contributed by atoms with van der Waals surface area (Å²) in [5, 5.41) is 0.987. The predicted octanol–water partition coefficient (Wildman–Crippen LogP) is 6.25. The Kier molecular flexibility index (Phi) is 6.58. The minimum Gasteiger partial charge on any atom is -0.361 e. The van der Waals surface area contributed by atoms with Gasteiger partial charge < -0.3 is 4.74 Å². The van der Waals surface area contributed by atoms with Gasteiger partial charge in [0.25, 0.3) is 0 Å². The van der Waals surface area contributed by atoms with Crippen molar-refractivity contribution in [1.29, 1.82) is 0 Å². The molecule has 0 atom stereocenters. The van der Waals surface area contributed by atoms with Gasteiger partial charge in [-0.2, -0.15) is 0 Å². The zero-order valence-electron chi connectivity index (χ0n) is 16.6. The molecule has 142 valence electrons. The van der Waals surface area contributed by atoms with Gasteiger partial charge in [-0.05, 0) is 12.3 Å². The molecule has 0 saturated heterocycles. The van der Waals surface area contributed by atoms with Gasteiger partial charge in [0.1, 0.15) is 6.73 Å². The first-order chi connectivity index (χ1) is 13.0. The summed E-state index contributed by atoms with van der Waals surface area (Å²) in [7, 11) is -1.10. The van der Waals surface area contributed by atoms with E-state index in [1.54, 1.807) is 11.8 Å². The largest absolute Gasteiger partial charge is 0.361 e. The second-order valence-electron chi connectivity index (χ2n) is 7.80. The van der Waals surface area contributed by atoms with Crippen LogP contribution < -0.4 is 0 Å². The van der Waals surface area contributed by atoms with Gasteiger partial charge in [-0.15, -0.1) is 0 Å². The highest BCUT2D eigenvalue weighted by Gasteiger charge is 2.20. The number of aromatic nitrogens is 2. The summed E-state index contributed by atoms with van der Waals surface area (Å²) in [5.74, 6) is 0. The monoisotopic (exact) mass is 396 g/mol. The molecule has 0 spiro atoms. The van der Waals surface area contributed by atoms with Crippen LogP contribution in [0.1, 0.15) is 0 Å². The molecule has 0 fully saturated rings. The lowest BCUT2D eigenvalue weighted by Gasteiger charge is -2.17. The Balaban J connectivity index is 1.99. The van der Waals surface area contributed by atoms with Crippen LogP contribution >= 0.6 is 11.8 Å². The number of hydrogen-bond acceptors (Lipinski definition) is 3. The van der Waals surface area contributed by atoms with E-state index in [1.807, 2.05) is 12.1 Å². The van der Waals surface area contributed by atoms with E-state index in [1.165, 1.54) is 6.04 Å². The van der Waals surface area contributed by atoms with Crippen LogP contribution in [0.25, 0.3) is 22.5 Å². The summed E-state index contributed by atoms with van der Waals surface area (Å²) in [6.45, 7) is 8.47. The molecule has 3 nitrogen and oxygen atoms in total. The molecule has 0 bridgehead atoms. The molecule has 0 N–H and O–H groups in total. The molecule has 3 rings (SSSR count). The number of rotatable bonds is 8.